The van der Waals surface area contributed by atoms with Gasteiger partial charge in [0.05, 0.1) is 11.4 Å². The summed E-state index contributed by atoms with van der Waals surface area (Å²) < 4.78 is 14.1. The molecule has 150 valence electrons. The lowest BCUT2D eigenvalue weighted by Crippen LogP contribution is -2.47. The summed E-state index contributed by atoms with van der Waals surface area (Å²) in [4.78, 5) is 13.8. The number of para-hydroxylation sites is 1. The van der Waals surface area contributed by atoms with Gasteiger partial charge in [-0.2, -0.15) is 4.98 Å². The number of anilines is 3. The Bertz CT molecular complexity index is 952. The van der Waals surface area contributed by atoms with Gasteiger partial charge in [0.25, 0.3) is 0 Å². The van der Waals surface area contributed by atoms with Crippen LogP contribution in [0.25, 0.3) is 11.3 Å². The van der Waals surface area contributed by atoms with Crippen LogP contribution in [0.4, 0.5) is 21.8 Å². The maximum absolute atomic E-state index is 14.1. The quantitative estimate of drug-likeness (QED) is 0.697. The topological polar surface area (TPSA) is 44.3 Å². The van der Waals surface area contributed by atoms with E-state index in [4.69, 9.17) is 9.97 Å². The van der Waals surface area contributed by atoms with E-state index in [9.17, 15) is 4.39 Å². The van der Waals surface area contributed by atoms with Gasteiger partial charge in [-0.1, -0.05) is 42.5 Å². The van der Waals surface area contributed by atoms with Crippen molar-refractivity contribution in [3.63, 3.8) is 0 Å². The average Bonchev–Trinajstić information content (AvgIpc) is 2.74. The van der Waals surface area contributed by atoms with Gasteiger partial charge in [-0.3, -0.25) is 0 Å². The molecule has 1 aliphatic heterocycles. The van der Waals surface area contributed by atoms with Crippen LogP contribution in [-0.4, -0.2) is 42.2 Å². The zero-order valence-electron chi connectivity index (χ0n) is 16.8. The molecule has 0 spiro atoms. The third kappa shape index (κ3) is 4.47. The zero-order chi connectivity index (χ0) is 20.2. The number of rotatable bonds is 5. The first-order valence-corrected chi connectivity index (χ1v) is 10.1. The highest BCUT2D eigenvalue weighted by molar-refractivity contribution is 5.65. The first kappa shape index (κ1) is 19.2. The first-order chi connectivity index (χ1) is 14.1. The summed E-state index contributed by atoms with van der Waals surface area (Å²) in [6.45, 7) is 7.13. The molecule has 0 atom stereocenters. The molecule has 0 saturated carbocycles. The number of benzene rings is 2. The Balaban J connectivity index is 1.57. The summed E-state index contributed by atoms with van der Waals surface area (Å²) in [6, 6.07) is 19.4. The van der Waals surface area contributed by atoms with E-state index in [2.05, 4.69) is 41.1 Å². The van der Waals surface area contributed by atoms with Crippen molar-refractivity contribution in [3.8, 4) is 11.3 Å². The molecule has 2 heterocycles. The monoisotopic (exact) mass is 391 g/mol. The second kappa shape index (κ2) is 8.47. The normalized spacial score (nSPS) is 14.3. The number of aromatic nitrogens is 2. The van der Waals surface area contributed by atoms with Gasteiger partial charge < -0.3 is 15.1 Å². The minimum Gasteiger partial charge on any atom is -0.368 e. The van der Waals surface area contributed by atoms with Crippen molar-refractivity contribution >= 4 is 17.5 Å². The third-order valence-electron chi connectivity index (χ3n) is 4.98. The Labute approximate surface area is 171 Å². The number of nitrogens with zero attached hydrogens (tertiary/aromatic N) is 4. The fraction of sp³-hybridized carbons (Fsp3) is 0.304. The summed E-state index contributed by atoms with van der Waals surface area (Å²) in [6.07, 6.45) is 0. The van der Waals surface area contributed by atoms with Crippen molar-refractivity contribution < 1.29 is 4.39 Å². The molecule has 0 unspecified atom stereocenters. The van der Waals surface area contributed by atoms with Crippen molar-refractivity contribution in [3.05, 3.63) is 66.5 Å². The lowest BCUT2D eigenvalue weighted by molar-refractivity contribution is 0.594. The molecule has 6 heteroatoms. The molecule has 1 saturated heterocycles. The minimum atomic E-state index is -0.174. The highest BCUT2D eigenvalue weighted by Gasteiger charge is 2.22. The van der Waals surface area contributed by atoms with Gasteiger partial charge in [0.2, 0.25) is 5.95 Å². The Morgan fingerprint density at radius 1 is 0.862 bits per heavy atom. The maximum Gasteiger partial charge on any atom is 0.227 e. The molecular formula is C23H26FN5. The molecule has 1 aliphatic rings. The van der Waals surface area contributed by atoms with Crippen molar-refractivity contribution in [2.75, 3.05) is 41.3 Å². The molecule has 5 nitrogen and oxygen atoms in total. The van der Waals surface area contributed by atoms with Crippen molar-refractivity contribution in [1.82, 2.24) is 9.97 Å². The van der Waals surface area contributed by atoms with Crippen LogP contribution in [0.15, 0.2) is 60.7 Å². The molecule has 0 amide bonds. The SMILES string of the molecule is CC(C)Nc1cc(-c2ccccc2)nc(N2CCN(c3ccccc3F)CC2)n1. The summed E-state index contributed by atoms with van der Waals surface area (Å²) in [5.74, 6) is 1.36. The highest BCUT2D eigenvalue weighted by atomic mass is 19.1. The first-order valence-electron chi connectivity index (χ1n) is 10.1. The fourth-order valence-electron chi connectivity index (χ4n) is 3.56. The van der Waals surface area contributed by atoms with Gasteiger partial charge >= 0.3 is 0 Å². The van der Waals surface area contributed by atoms with Crippen LogP contribution in [0.5, 0.6) is 0 Å². The standard InChI is InChI=1S/C23H26FN5/c1-17(2)25-22-16-20(18-8-4-3-5-9-18)26-23(27-22)29-14-12-28(13-15-29)21-11-7-6-10-19(21)24/h3-11,16-17H,12-15H2,1-2H3,(H,25,26,27). The summed E-state index contributed by atoms with van der Waals surface area (Å²) >= 11 is 0. The second-order valence-corrected chi connectivity index (χ2v) is 7.53. The molecule has 1 aromatic heterocycles. The summed E-state index contributed by atoms with van der Waals surface area (Å²) in [7, 11) is 0. The van der Waals surface area contributed by atoms with Crippen LogP contribution in [0.1, 0.15) is 13.8 Å². The van der Waals surface area contributed by atoms with Crippen LogP contribution in [0.2, 0.25) is 0 Å². The molecule has 3 aromatic rings. The predicted molar refractivity (Wildman–Crippen MR) is 117 cm³/mol. The third-order valence-corrected chi connectivity index (χ3v) is 4.98. The van der Waals surface area contributed by atoms with Gasteiger partial charge in [-0.15, -0.1) is 0 Å². The van der Waals surface area contributed by atoms with Crippen LogP contribution in [0.3, 0.4) is 0 Å². The molecule has 0 bridgehead atoms. The van der Waals surface area contributed by atoms with E-state index in [1.807, 2.05) is 36.4 Å². The Morgan fingerprint density at radius 3 is 2.21 bits per heavy atom. The maximum atomic E-state index is 14.1. The molecule has 4 rings (SSSR count). The van der Waals surface area contributed by atoms with Gasteiger partial charge in [-0.05, 0) is 26.0 Å². The number of hydrogen-bond acceptors (Lipinski definition) is 5. The van der Waals surface area contributed by atoms with E-state index in [0.29, 0.717) is 11.6 Å². The molecule has 0 radical (unpaired) electrons. The van der Waals surface area contributed by atoms with Crippen LogP contribution in [0, 0.1) is 5.82 Å². The number of piperazine rings is 1. The summed E-state index contributed by atoms with van der Waals surface area (Å²) in [5, 5.41) is 3.40. The van der Waals surface area contributed by atoms with E-state index in [0.717, 1.165) is 43.3 Å². The average molecular weight is 391 g/mol. The zero-order valence-corrected chi connectivity index (χ0v) is 16.8. The smallest absolute Gasteiger partial charge is 0.227 e. The van der Waals surface area contributed by atoms with Gasteiger partial charge in [0.15, 0.2) is 0 Å². The molecule has 2 aromatic carbocycles. The largest absolute Gasteiger partial charge is 0.368 e. The highest BCUT2D eigenvalue weighted by Crippen LogP contribution is 2.25. The Kier molecular flexibility index (Phi) is 5.60. The predicted octanol–water partition coefficient (Wildman–Crippen LogP) is 4.43. The van der Waals surface area contributed by atoms with E-state index >= 15 is 0 Å². The van der Waals surface area contributed by atoms with E-state index in [-0.39, 0.29) is 11.9 Å². The van der Waals surface area contributed by atoms with Crippen molar-refractivity contribution in [2.24, 2.45) is 0 Å². The lowest BCUT2D eigenvalue weighted by atomic mass is 10.1. The van der Waals surface area contributed by atoms with Gasteiger partial charge in [-0.25, -0.2) is 9.37 Å². The van der Waals surface area contributed by atoms with Crippen LogP contribution >= 0.6 is 0 Å². The number of halogens is 1. The Hall–Kier alpha value is -3.15. The second-order valence-electron chi connectivity index (χ2n) is 7.53. The van der Waals surface area contributed by atoms with E-state index < -0.39 is 0 Å². The van der Waals surface area contributed by atoms with Crippen molar-refractivity contribution in [2.45, 2.75) is 19.9 Å². The van der Waals surface area contributed by atoms with Crippen LogP contribution < -0.4 is 15.1 Å². The van der Waals surface area contributed by atoms with Gasteiger partial charge in [0.1, 0.15) is 11.6 Å². The van der Waals surface area contributed by atoms with Gasteiger partial charge in [0, 0.05) is 43.9 Å². The lowest BCUT2D eigenvalue weighted by Gasteiger charge is -2.36. The number of nitrogens with one attached hydrogen (secondary N) is 1. The van der Waals surface area contributed by atoms with E-state index in [1.54, 1.807) is 6.07 Å². The Morgan fingerprint density at radius 2 is 1.52 bits per heavy atom. The molecule has 29 heavy (non-hydrogen) atoms. The number of hydrogen-bond donors (Lipinski definition) is 1. The molecule has 0 aliphatic carbocycles. The molecule has 1 fully saturated rings. The molecular weight excluding hydrogens is 365 g/mol. The van der Waals surface area contributed by atoms with Crippen molar-refractivity contribution in [1.29, 1.82) is 0 Å². The van der Waals surface area contributed by atoms with Crippen LogP contribution in [-0.2, 0) is 0 Å². The summed E-state index contributed by atoms with van der Waals surface area (Å²) in [5.41, 5.74) is 2.62. The fourth-order valence-corrected chi connectivity index (χ4v) is 3.56. The minimum absolute atomic E-state index is 0.174. The molecule has 1 N–H and O–H groups in total. The van der Waals surface area contributed by atoms with E-state index in [1.165, 1.54) is 6.07 Å².